The van der Waals surface area contributed by atoms with Crippen molar-refractivity contribution in [3.05, 3.63) is 65.7 Å². The molecule has 0 radical (unpaired) electrons. The second-order valence-corrected chi connectivity index (χ2v) is 5.12. The molecule has 0 aliphatic heterocycles. The highest BCUT2D eigenvalue weighted by molar-refractivity contribution is 5.77. The summed E-state index contributed by atoms with van der Waals surface area (Å²) in [4.78, 5) is 15.7. The van der Waals surface area contributed by atoms with E-state index in [2.05, 4.69) is 10.3 Å². The molecule has 0 saturated heterocycles. The Kier molecular flexibility index (Phi) is 4.76. The number of nitrogens with zero attached hydrogens (tertiary/aromatic N) is 1. The first-order chi connectivity index (χ1) is 11.7. The number of carbonyl (C=O) groups is 1. The maximum Gasteiger partial charge on any atom is 0.407 e. The van der Waals surface area contributed by atoms with Crippen molar-refractivity contribution in [3.8, 4) is 0 Å². The Hall–Kier alpha value is -3.28. The molecule has 0 fully saturated rings. The van der Waals surface area contributed by atoms with Crippen LogP contribution in [-0.4, -0.2) is 17.6 Å². The van der Waals surface area contributed by atoms with Gasteiger partial charge in [0.15, 0.2) is 5.58 Å². The number of oxazole rings is 1. The van der Waals surface area contributed by atoms with Gasteiger partial charge in [-0.3, -0.25) is 0 Å². The number of rotatable bonds is 5. The first kappa shape index (κ1) is 15.6. The summed E-state index contributed by atoms with van der Waals surface area (Å²) in [5, 5.41) is 2.66. The standard InChI is InChI=1S/C18H17N3O3/c19-17-21-15-11-13(8-9-16(15)24-17)7-4-10-20-18(22)23-12-14-5-2-1-3-6-14/h1-9,11H,10,12H2,(H2,19,21)(H,20,22). The van der Waals surface area contributed by atoms with Crippen molar-refractivity contribution in [2.24, 2.45) is 0 Å². The van der Waals surface area contributed by atoms with Crippen molar-refractivity contribution >= 4 is 29.3 Å². The fourth-order valence-electron chi connectivity index (χ4n) is 2.18. The second-order valence-electron chi connectivity index (χ2n) is 5.12. The summed E-state index contributed by atoms with van der Waals surface area (Å²) in [5.74, 6) is 0. The number of carbonyl (C=O) groups excluding carboxylic acids is 1. The number of benzene rings is 2. The molecular weight excluding hydrogens is 306 g/mol. The van der Waals surface area contributed by atoms with Crippen LogP contribution in [0.3, 0.4) is 0 Å². The van der Waals surface area contributed by atoms with Gasteiger partial charge in [0.05, 0.1) is 0 Å². The minimum absolute atomic E-state index is 0.147. The average molecular weight is 323 g/mol. The number of hydrogen-bond donors (Lipinski definition) is 2. The smallest absolute Gasteiger partial charge is 0.407 e. The van der Waals surface area contributed by atoms with E-state index in [0.717, 1.165) is 11.1 Å². The Balaban J connectivity index is 1.46. The van der Waals surface area contributed by atoms with E-state index in [1.807, 2.05) is 54.6 Å². The first-order valence-corrected chi connectivity index (χ1v) is 7.48. The van der Waals surface area contributed by atoms with E-state index in [-0.39, 0.29) is 12.6 Å². The molecule has 122 valence electrons. The fourth-order valence-corrected chi connectivity index (χ4v) is 2.18. The van der Waals surface area contributed by atoms with Gasteiger partial charge in [-0.05, 0) is 23.3 Å². The van der Waals surface area contributed by atoms with Crippen molar-refractivity contribution in [1.29, 1.82) is 0 Å². The molecule has 0 spiro atoms. The molecule has 6 nitrogen and oxygen atoms in total. The number of amides is 1. The molecule has 0 aliphatic rings. The summed E-state index contributed by atoms with van der Waals surface area (Å²) in [6.45, 7) is 0.618. The topological polar surface area (TPSA) is 90.4 Å². The van der Waals surface area contributed by atoms with E-state index in [1.165, 1.54) is 0 Å². The molecule has 1 heterocycles. The van der Waals surface area contributed by atoms with Gasteiger partial charge in [-0.1, -0.05) is 48.6 Å². The van der Waals surface area contributed by atoms with Crippen molar-refractivity contribution in [2.45, 2.75) is 6.61 Å². The lowest BCUT2D eigenvalue weighted by molar-refractivity contribution is 0.141. The Morgan fingerprint density at radius 2 is 2.08 bits per heavy atom. The van der Waals surface area contributed by atoms with E-state index in [0.29, 0.717) is 17.6 Å². The number of aromatic nitrogens is 1. The Morgan fingerprint density at radius 3 is 2.92 bits per heavy atom. The zero-order valence-electron chi connectivity index (χ0n) is 12.9. The molecule has 0 unspecified atom stereocenters. The van der Waals surface area contributed by atoms with Crippen LogP contribution in [-0.2, 0) is 11.3 Å². The van der Waals surface area contributed by atoms with Gasteiger partial charge in [0.25, 0.3) is 6.01 Å². The van der Waals surface area contributed by atoms with Crippen LogP contribution in [0.25, 0.3) is 17.2 Å². The number of ether oxygens (including phenoxy) is 1. The predicted octanol–water partition coefficient (Wildman–Crippen LogP) is 3.35. The Morgan fingerprint density at radius 1 is 1.25 bits per heavy atom. The summed E-state index contributed by atoms with van der Waals surface area (Å²) < 4.78 is 10.3. The maximum absolute atomic E-state index is 11.6. The van der Waals surface area contributed by atoms with Crippen LogP contribution >= 0.6 is 0 Å². The number of nitrogens with one attached hydrogen (secondary N) is 1. The highest BCUT2D eigenvalue weighted by atomic mass is 16.5. The molecule has 24 heavy (non-hydrogen) atoms. The molecule has 2 aromatic carbocycles. The number of nitrogen functional groups attached to an aromatic ring is 1. The lowest BCUT2D eigenvalue weighted by Crippen LogP contribution is -2.24. The third kappa shape index (κ3) is 4.13. The third-order valence-electron chi connectivity index (χ3n) is 3.32. The SMILES string of the molecule is Nc1nc2cc(C=CCNC(=O)OCc3ccccc3)ccc2o1. The molecule has 1 aromatic heterocycles. The molecule has 3 rings (SSSR count). The number of alkyl carbamates (subject to hydrolysis) is 1. The van der Waals surface area contributed by atoms with Crippen LogP contribution in [0, 0.1) is 0 Å². The third-order valence-corrected chi connectivity index (χ3v) is 3.32. The predicted molar refractivity (Wildman–Crippen MR) is 92.1 cm³/mol. The number of anilines is 1. The average Bonchev–Trinajstić information content (AvgIpc) is 2.97. The Bertz CT molecular complexity index is 856. The van der Waals surface area contributed by atoms with Crippen LogP contribution in [0.2, 0.25) is 0 Å². The van der Waals surface area contributed by atoms with Gasteiger partial charge in [0.1, 0.15) is 12.1 Å². The van der Waals surface area contributed by atoms with Gasteiger partial charge in [-0.25, -0.2) is 4.79 Å². The van der Waals surface area contributed by atoms with Crippen molar-refractivity contribution < 1.29 is 13.9 Å². The Labute approximate surface area is 138 Å². The molecule has 0 atom stereocenters. The zero-order chi connectivity index (χ0) is 16.8. The first-order valence-electron chi connectivity index (χ1n) is 7.48. The molecule has 6 heteroatoms. The van der Waals surface area contributed by atoms with Crippen molar-refractivity contribution in [2.75, 3.05) is 12.3 Å². The summed E-state index contributed by atoms with van der Waals surface area (Å²) in [6.07, 6.45) is 3.25. The van der Waals surface area contributed by atoms with Crippen molar-refractivity contribution in [3.63, 3.8) is 0 Å². The van der Waals surface area contributed by atoms with Gasteiger partial charge in [-0.15, -0.1) is 0 Å². The molecule has 1 amide bonds. The normalized spacial score (nSPS) is 11.0. The minimum Gasteiger partial charge on any atom is -0.445 e. The summed E-state index contributed by atoms with van der Waals surface area (Å²) in [5.41, 5.74) is 8.74. The van der Waals surface area contributed by atoms with E-state index in [9.17, 15) is 4.79 Å². The lowest BCUT2D eigenvalue weighted by atomic mass is 10.2. The maximum atomic E-state index is 11.6. The monoisotopic (exact) mass is 323 g/mol. The van der Waals surface area contributed by atoms with Crippen LogP contribution in [0.15, 0.2) is 59.0 Å². The number of hydrogen-bond acceptors (Lipinski definition) is 5. The van der Waals surface area contributed by atoms with E-state index in [4.69, 9.17) is 14.9 Å². The van der Waals surface area contributed by atoms with E-state index < -0.39 is 6.09 Å². The summed E-state index contributed by atoms with van der Waals surface area (Å²) in [7, 11) is 0. The zero-order valence-corrected chi connectivity index (χ0v) is 12.9. The van der Waals surface area contributed by atoms with Crippen LogP contribution in [0.5, 0.6) is 0 Å². The van der Waals surface area contributed by atoms with E-state index in [1.54, 1.807) is 6.07 Å². The molecule has 3 aromatic rings. The molecule has 0 saturated carbocycles. The second kappa shape index (κ2) is 7.32. The van der Waals surface area contributed by atoms with Crippen LogP contribution in [0.1, 0.15) is 11.1 Å². The molecule has 3 N–H and O–H groups in total. The number of fused-ring (bicyclic) bond motifs is 1. The summed E-state index contributed by atoms with van der Waals surface area (Å²) >= 11 is 0. The van der Waals surface area contributed by atoms with Crippen LogP contribution < -0.4 is 11.1 Å². The largest absolute Gasteiger partial charge is 0.445 e. The minimum atomic E-state index is -0.455. The molecule has 0 bridgehead atoms. The highest BCUT2D eigenvalue weighted by Crippen LogP contribution is 2.18. The van der Waals surface area contributed by atoms with Gasteiger partial charge >= 0.3 is 6.09 Å². The van der Waals surface area contributed by atoms with Crippen molar-refractivity contribution in [1.82, 2.24) is 10.3 Å². The molecular formula is C18H17N3O3. The summed E-state index contributed by atoms with van der Waals surface area (Å²) in [6, 6.07) is 15.2. The van der Waals surface area contributed by atoms with E-state index >= 15 is 0 Å². The van der Waals surface area contributed by atoms with Gasteiger partial charge in [0, 0.05) is 6.54 Å². The molecule has 0 aliphatic carbocycles. The van der Waals surface area contributed by atoms with Gasteiger partial charge < -0.3 is 20.2 Å². The quantitative estimate of drug-likeness (QED) is 0.751. The fraction of sp³-hybridized carbons (Fsp3) is 0.111. The highest BCUT2D eigenvalue weighted by Gasteiger charge is 2.02. The van der Waals surface area contributed by atoms with Gasteiger partial charge in [0.2, 0.25) is 0 Å². The number of nitrogens with two attached hydrogens (primary N) is 1. The lowest BCUT2D eigenvalue weighted by Gasteiger charge is -2.05. The van der Waals surface area contributed by atoms with Gasteiger partial charge in [-0.2, -0.15) is 4.98 Å². The van der Waals surface area contributed by atoms with Crippen LogP contribution in [0.4, 0.5) is 10.8 Å².